The molecule has 5 heteroatoms. The molecule has 108 valence electrons. The van der Waals surface area contributed by atoms with Gasteiger partial charge in [0.15, 0.2) is 0 Å². The summed E-state index contributed by atoms with van der Waals surface area (Å²) in [4.78, 5) is 26.9. The van der Waals surface area contributed by atoms with Gasteiger partial charge in [0.05, 0.1) is 11.4 Å². The number of para-hydroxylation sites is 1. The minimum atomic E-state index is -1.01. The summed E-state index contributed by atoms with van der Waals surface area (Å²) in [6.45, 7) is 0. The second-order valence-corrected chi connectivity index (χ2v) is 4.73. The van der Waals surface area contributed by atoms with Gasteiger partial charge in [-0.25, -0.2) is 9.79 Å². The summed E-state index contributed by atoms with van der Waals surface area (Å²) in [6.07, 6.45) is 2.54. The number of carboxylic acid groups (broad SMARTS) is 1. The van der Waals surface area contributed by atoms with Crippen molar-refractivity contribution in [2.75, 3.05) is 5.32 Å². The molecule has 3 rings (SSSR count). The number of anilines is 1. The normalized spacial score (nSPS) is 15.1. The maximum absolute atomic E-state index is 12.0. The van der Waals surface area contributed by atoms with E-state index in [4.69, 9.17) is 5.11 Å². The quantitative estimate of drug-likeness (QED) is 0.854. The number of benzene rings is 2. The first-order chi connectivity index (χ1) is 10.6. The molecule has 0 saturated carbocycles. The summed E-state index contributed by atoms with van der Waals surface area (Å²) in [5.74, 6) is -1.26. The molecular weight excluding hydrogens is 280 g/mol. The third kappa shape index (κ3) is 2.78. The van der Waals surface area contributed by atoms with E-state index in [-0.39, 0.29) is 5.91 Å². The molecular formula is C17H12N2O3. The van der Waals surface area contributed by atoms with E-state index in [9.17, 15) is 9.59 Å². The fraction of sp³-hybridized carbons (Fsp3) is 0. The minimum Gasteiger partial charge on any atom is -0.478 e. The molecule has 0 saturated heterocycles. The van der Waals surface area contributed by atoms with E-state index >= 15 is 0 Å². The molecule has 5 nitrogen and oxygen atoms in total. The van der Waals surface area contributed by atoms with Gasteiger partial charge in [-0.3, -0.25) is 4.79 Å². The van der Waals surface area contributed by atoms with Crippen molar-refractivity contribution in [2.45, 2.75) is 0 Å². The monoisotopic (exact) mass is 292 g/mol. The zero-order chi connectivity index (χ0) is 15.5. The van der Waals surface area contributed by atoms with Crippen LogP contribution in [0.5, 0.6) is 0 Å². The molecule has 0 aliphatic carbocycles. The average Bonchev–Trinajstić information content (AvgIpc) is 2.82. The van der Waals surface area contributed by atoms with E-state index in [1.807, 2.05) is 24.3 Å². The largest absolute Gasteiger partial charge is 0.478 e. The van der Waals surface area contributed by atoms with E-state index in [2.05, 4.69) is 10.3 Å². The number of hydrogen-bond acceptors (Lipinski definition) is 3. The summed E-state index contributed by atoms with van der Waals surface area (Å²) in [7, 11) is 0. The van der Waals surface area contributed by atoms with Crippen LogP contribution in [0.3, 0.4) is 0 Å². The van der Waals surface area contributed by atoms with Crippen LogP contribution in [-0.4, -0.2) is 22.7 Å². The summed E-state index contributed by atoms with van der Waals surface area (Å²) >= 11 is 0. The van der Waals surface area contributed by atoms with Gasteiger partial charge >= 0.3 is 5.97 Å². The van der Waals surface area contributed by atoms with Crippen molar-refractivity contribution in [3.05, 3.63) is 65.7 Å². The minimum absolute atomic E-state index is 0.243. The van der Waals surface area contributed by atoms with E-state index in [0.29, 0.717) is 17.0 Å². The van der Waals surface area contributed by atoms with Crippen LogP contribution in [0.1, 0.15) is 11.1 Å². The summed E-state index contributed by atoms with van der Waals surface area (Å²) in [5, 5.41) is 11.4. The first kappa shape index (κ1) is 13.8. The highest BCUT2D eigenvalue weighted by Crippen LogP contribution is 2.25. The SMILES string of the molecule is O=C(O)C=Cc1cccc(N=C2C(=O)Nc3ccccc32)c1. The van der Waals surface area contributed by atoms with Crippen LogP contribution in [0.15, 0.2) is 59.6 Å². The van der Waals surface area contributed by atoms with Crippen LogP contribution >= 0.6 is 0 Å². The van der Waals surface area contributed by atoms with Crippen LogP contribution in [-0.2, 0) is 9.59 Å². The molecule has 0 atom stereocenters. The van der Waals surface area contributed by atoms with Crippen molar-refractivity contribution in [3.63, 3.8) is 0 Å². The third-order valence-electron chi connectivity index (χ3n) is 3.17. The third-order valence-corrected chi connectivity index (χ3v) is 3.17. The van der Waals surface area contributed by atoms with Gasteiger partial charge < -0.3 is 10.4 Å². The number of carbonyl (C=O) groups is 2. The molecule has 2 aromatic carbocycles. The predicted molar refractivity (Wildman–Crippen MR) is 84.4 cm³/mol. The number of carbonyl (C=O) groups excluding carboxylic acids is 1. The Morgan fingerprint density at radius 2 is 1.95 bits per heavy atom. The molecule has 0 radical (unpaired) electrons. The number of hydrogen-bond donors (Lipinski definition) is 2. The van der Waals surface area contributed by atoms with E-state index < -0.39 is 5.97 Å². The molecule has 1 aliphatic heterocycles. The van der Waals surface area contributed by atoms with Gasteiger partial charge in [-0.15, -0.1) is 0 Å². The topological polar surface area (TPSA) is 78.8 Å². The highest BCUT2D eigenvalue weighted by atomic mass is 16.4. The first-order valence-corrected chi connectivity index (χ1v) is 6.64. The molecule has 1 amide bonds. The molecule has 0 bridgehead atoms. The van der Waals surface area contributed by atoms with Gasteiger partial charge in [0.25, 0.3) is 5.91 Å². The second-order valence-electron chi connectivity index (χ2n) is 4.73. The summed E-state index contributed by atoms with van der Waals surface area (Å²) in [5.41, 5.74) is 3.16. The number of carboxylic acids is 1. The number of rotatable bonds is 3. The Morgan fingerprint density at radius 3 is 2.77 bits per heavy atom. The van der Waals surface area contributed by atoms with Gasteiger partial charge in [-0.2, -0.15) is 0 Å². The number of nitrogens with one attached hydrogen (secondary N) is 1. The number of amides is 1. The van der Waals surface area contributed by atoms with Gasteiger partial charge in [-0.1, -0.05) is 30.3 Å². The number of aliphatic carboxylic acids is 1. The molecule has 0 aromatic heterocycles. The Morgan fingerprint density at radius 1 is 1.14 bits per heavy atom. The smallest absolute Gasteiger partial charge is 0.328 e. The standard InChI is InChI=1S/C17H12N2O3/c20-15(21)9-8-11-4-3-5-12(10-11)18-16-13-6-1-2-7-14(13)19-17(16)22/h1-10H,(H,20,21)(H,18,19,22). The van der Waals surface area contributed by atoms with Gasteiger partial charge in [0.1, 0.15) is 5.71 Å². The highest BCUT2D eigenvalue weighted by Gasteiger charge is 2.25. The molecule has 2 aromatic rings. The van der Waals surface area contributed by atoms with Crippen molar-refractivity contribution in [1.82, 2.24) is 0 Å². The number of aliphatic imine (C=N–C) groups is 1. The zero-order valence-electron chi connectivity index (χ0n) is 11.5. The Balaban J connectivity index is 1.97. The Bertz CT molecular complexity index is 822. The number of fused-ring (bicyclic) bond motifs is 1. The maximum atomic E-state index is 12.0. The average molecular weight is 292 g/mol. The molecule has 2 N–H and O–H groups in total. The van der Waals surface area contributed by atoms with Crippen LogP contribution < -0.4 is 5.32 Å². The lowest BCUT2D eigenvalue weighted by Gasteiger charge is -1.99. The van der Waals surface area contributed by atoms with Gasteiger partial charge in [-0.05, 0) is 29.8 Å². The molecule has 1 aliphatic rings. The van der Waals surface area contributed by atoms with Crippen molar-refractivity contribution in [1.29, 1.82) is 0 Å². The fourth-order valence-corrected chi connectivity index (χ4v) is 2.21. The van der Waals surface area contributed by atoms with Crippen molar-refractivity contribution < 1.29 is 14.7 Å². The van der Waals surface area contributed by atoms with Crippen molar-refractivity contribution in [3.8, 4) is 0 Å². The summed E-state index contributed by atoms with van der Waals surface area (Å²) in [6, 6.07) is 14.4. The van der Waals surface area contributed by atoms with Crippen molar-refractivity contribution >= 4 is 35.0 Å². The molecule has 0 spiro atoms. The van der Waals surface area contributed by atoms with Crippen LogP contribution in [0, 0.1) is 0 Å². The zero-order valence-corrected chi connectivity index (χ0v) is 11.5. The molecule has 1 heterocycles. The number of nitrogens with zero attached hydrogens (tertiary/aromatic N) is 1. The van der Waals surface area contributed by atoms with Gasteiger partial charge in [0.2, 0.25) is 0 Å². The second kappa shape index (κ2) is 5.65. The maximum Gasteiger partial charge on any atom is 0.328 e. The van der Waals surface area contributed by atoms with E-state index in [1.165, 1.54) is 6.08 Å². The lowest BCUT2D eigenvalue weighted by atomic mass is 10.1. The summed E-state index contributed by atoms with van der Waals surface area (Å²) < 4.78 is 0. The van der Waals surface area contributed by atoms with Gasteiger partial charge in [0, 0.05) is 11.6 Å². The Kier molecular flexibility index (Phi) is 3.53. The Labute approximate surface area is 126 Å². The fourth-order valence-electron chi connectivity index (χ4n) is 2.21. The van der Waals surface area contributed by atoms with Crippen LogP contribution in [0.4, 0.5) is 11.4 Å². The molecule has 22 heavy (non-hydrogen) atoms. The predicted octanol–water partition coefficient (Wildman–Crippen LogP) is 2.86. The van der Waals surface area contributed by atoms with E-state index in [1.54, 1.807) is 24.3 Å². The Hall–Kier alpha value is -3.21. The van der Waals surface area contributed by atoms with E-state index in [0.717, 1.165) is 17.3 Å². The lowest BCUT2D eigenvalue weighted by Crippen LogP contribution is -2.13. The van der Waals surface area contributed by atoms with Crippen LogP contribution in [0.25, 0.3) is 6.08 Å². The van der Waals surface area contributed by atoms with Crippen molar-refractivity contribution in [2.24, 2.45) is 4.99 Å². The molecule has 0 fully saturated rings. The van der Waals surface area contributed by atoms with Crippen LogP contribution in [0.2, 0.25) is 0 Å². The lowest BCUT2D eigenvalue weighted by molar-refractivity contribution is -0.131. The first-order valence-electron chi connectivity index (χ1n) is 6.64. The molecule has 0 unspecified atom stereocenters. The highest BCUT2D eigenvalue weighted by molar-refractivity contribution is 6.54.